The summed E-state index contributed by atoms with van der Waals surface area (Å²) in [6.45, 7) is 7.71. The normalized spacial score (nSPS) is 21.6. The molecule has 1 saturated heterocycles. The average Bonchev–Trinajstić information content (AvgIpc) is 2.73. The van der Waals surface area contributed by atoms with Gasteiger partial charge in [0.1, 0.15) is 6.04 Å². The first-order valence-corrected chi connectivity index (χ1v) is 6.60. The fourth-order valence-corrected chi connectivity index (χ4v) is 2.24. The molecule has 4 N–H and O–H groups in total. The van der Waals surface area contributed by atoms with E-state index in [-0.39, 0.29) is 11.3 Å². The lowest BCUT2D eigenvalue weighted by molar-refractivity contribution is -0.129. The van der Waals surface area contributed by atoms with E-state index in [9.17, 15) is 9.59 Å². The summed E-state index contributed by atoms with van der Waals surface area (Å²) in [6.07, 6.45) is 2.46. The highest BCUT2D eigenvalue weighted by atomic mass is 16.2. The molecule has 0 spiro atoms. The Kier molecular flexibility index (Phi) is 5.14. The highest BCUT2D eigenvalue weighted by Crippen LogP contribution is 2.20. The molecular weight excluding hydrogens is 230 g/mol. The molecular formula is C13H25N3O2. The van der Waals surface area contributed by atoms with Crippen molar-refractivity contribution in [2.75, 3.05) is 13.1 Å². The van der Waals surface area contributed by atoms with Crippen LogP contribution in [0.15, 0.2) is 0 Å². The number of carbonyl (C=O) groups is 2. The summed E-state index contributed by atoms with van der Waals surface area (Å²) in [5, 5.41) is 6.02. The summed E-state index contributed by atoms with van der Waals surface area (Å²) in [6, 6.07) is -0.605. The van der Waals surface area contributed by atoms with Crippen molar-refractivity contribution in [3.05, 3.63) is 0 Å². The predicted molar refractivity (Wildman–Crippen MR) is 70.8 cm³/mol. The lowest BCUT2D eigenvalue weighted by Gasteiger charge is -2.28. The fraction of sp³-hybridized carbons (Fsp3) is 0.846. The Morgan fingerprint density at radius 1 is 1.44 bits per heavy atom. The van der Waals surface area contributed by atoms with Gasteiger partial charge in [-0.25, -0.2) is 0 Å². The van der Waals surface area contributed by atoms with Gasteiger partial charge in [0.05, 0.1) is 0 Å². The minimum atomic E-state index is -0.605. The van der Waals surface area contributed by atoms with Crippen LogP contribution in [0, 0.1) is 11.3 Å². The van der Waals surface area contributed by atoms with Crippen molar-refractivity contribution < 1.29 is 9.59 Å². The van der Waals surface area contributed by atoms with E-state index in [0.29, 0.717) is 12.3 Å². The Hall–Kier alpha value is -1.10. The number of hydrogen-bond acceptors (Lipinski definition) is 3. The van der Waals surface area contributed by atoms with E-state index in [1.807, 2.05) is 20.8 Å². The van der Waals surface area contributed by atoms with Gasteiger partial charge in [-0.15, -0.1) is 0 Å². The molecule has 0 bridgehead atoms. The third-order valence-corrected chi connectivity index (χ3v) is 3.40. The molecule has 5 nitrogen and oxygen atoms in total. The Balaban J connectivity index is 2.39. The maximum absolute atomic E-state index is 11.8. The highest BCUT2D eigenvalue weighted by Gasteiger charge is 2.31. The second-order valence-electron chi connectivity index (χ2n) is 6.17. The largest absolute Gasteiger partial charge is 0.368 e. The smallest absolute Gasteiger partial charge is 0.240 e. The van der Waals surface area contributed by atoms with Gasteiger partial charge in [-0.1, -0.05) is 20.8 Å². The molecule has 0 aromatic carbocycles. The van der Waals surface area contributed by atoms with Gasteiger partial charge in [0, 0.05) is 6.42 Å². The molecule has 0 aliphatic carbocycles. The highest BCUT2D eigenvalue weighted by molar-refractivity contribution is 5.87. The number of amides is 2. The quantitative estimate of drug-likeness (QED) is 0.664. The van der Waals surface area contributed by atoms with E-state index in [0.717, 1.165) is 25.9 Å². The summed E-state index contributed by atoms with van der Waals surface area (Å²) < 4.78 is 0. The van der Waals surface area contributed by atoms with Crippen molar-refractivity contribution in [3.8, 4) is 0 Å². The summed E-state index contributed by atoms with van der Waals surface area (Å²) in [5.74, 6) is 0.0245. The minimum absolute atomic E-state index is 0.0828. The van der Waals surface area contributed by atoms with Crippen LogP contribution >= 0.6 is 0 Å². The van der Waals surface area contributed by atoms with Gasteiger partial charge >= 0.3 is 0 Å². The van der Waals surface area contributed by atoms with Crippen LogP contribution in [-0.4, -0.2) is 30.9 Å². The molecule has 104 valence electrons. The van der Waals surface area contributed by atoms with E-state index >= 15 is 0 Å². The van der Waals surface area contributed by atoms with Crippen LogP contribution in [0.25, 0.3) is 0 Å². The molecule has 0 saturated carbocycles. The van der Waals surface area contributed by atoms with Crippen LogP contribution in [0.5, 0.6) is 0 Å². The maximum atomic E-state index is 11.8. The van der Waals surface area contributed by atoms with E-state index in [4.69, 9.17) is 5.73 Å². The Labute approximate surface area is 109 Å². The molecule has 1 rings (SSSR count). The predicted octanol–water partition coefficient (Wildman–Crippen LogP) is 0.392. The Morgan fingerprint density at radius 2 is 2.11 bits per heavy atom. The van der Waals surface area contributed by atoms with E-state index in [1.54, 1.807) is 0 Å². The summed E-state index contributed by atoms with van der Waals surface area (Å²) in [4.78, 5) is 23.2. The number of hydrogen-bond donors (Lipinski definition) is 3. The number of nitrogens with two attached hydrogens (primary N) is 1. The maximum Gasteiger partial charge on any atom is 0.240 e. The van der Waals surface area contributed by atoms with Crippen LogP contribution in [0.4, 0.5) is 0 Å². The molecule has 2 amide bonds. The average molecular weight is 255 g/mol. The lowest BCUT2D eigenvalue weighted by Crippen LogP contribution is -2.52. The van der Waals surface area contributed by atoms with Gasteiger partial charge in [-0.2, -0.15) is 0 Å². The van der Waals surface area contributed by atoms with Crippen molar-refractivity contribution in [2.45, 2.75) is 46.1 Å². The van der Waals surface area contributed by atoms with Gasteiger partial charge in [0.25, 0.3) is 0 Å². The first-order chi connectivity index (χ1) is 8.30. The standard InChI is InChI=1S/C13H25N3O2/c1-13(2,3)11(12(14)18)16-10(17)5-4-9-6-7-15-8-9/h9,11,15H,4-8H2,1-3H3,(H2,14,18)(H,16,17). The van der Waals surface area contributed by atoms with Gasteiger partial charge in [0.2, 0.25) is 11.8 Å². The first kappa shape index (κ1) is 15.0. The van der Waals surface area contributed by atoms with Crippen molar-refractivity contribution >= 4 is 11.8 Å². The third kappa shape index (κ3) is 4.64. The van der Waals surface area contributed by atoms with E-state index in [2.05, 4.69) is 10.6 Å². The molecule has 1 aliphatic heterocycles. The van der Waals surface area contributed by atoms with Gasteiger partial charge in [-0.3, -0.25) is 9.59 Å². The number of primary amides is 1. The SMILES string of the molecule is CC(C)(C)C(NC(=O)CCC1CCNC1)C(N)=O. The zero-order chi connectivity index (χ0) is 13.8. The Morgan fingerprint density at radius 3 is 2.56 bits per heavy atom. The molecule has 5 heteroatoms. The van der Waals surface area contributed by atoms with Crippen molar-refractivity contribution in [1.29, 1.82) is 0 Å². The third-order valence-electron chi connectivity index (χ3n) is 3.40. The number of carbonyl (C=O) groups excluding carboxylic acids is 2. The molecule has 2 atom stereocenters. The van der Waals surface area contributed by atoms with Crippen molar-refractivity contribution in [1.82, 2.24) is 10.6 Å². The molecule has 0 aromatic heterocycles. The zero-order valence-electron chi connectivity index (χ0n) is 11.6. The van der Waals surface area contributed by atoms with Crippen molar-refractivity contribution in [2.24, 2.45) is 17.1 Å². The van der Waals surface area contributed by atoms with Crippen LogP contribution in [-0.2, 0) is 9.59 Å². The molecule has 0 radical (unpaired) electrons. The molecule has 1 heterocycles. The second kappa shape index (κ2) is 6.18. The molecule has 1 fully saturated rings. The van der Waals surface area contributed by atoms with Crippen LogP contribution in [0.1, 0.15) is 40.0 Å². The molecule has 1 aliphatic rings. The monoisotopic (exact) mass is 255 g/mol. The molecule has 18 heavy (non-hydrogen) atoms. The van der Waals surface area contributed by atoms with Crippen molar-refractivity contribution in [3.63, 3.8) is 0 Å². The van der Waals surface area contributed by atoms with E-state index < -0.39 is 11.9 Å². The zero-order valence-corrected chi connectivity index (χ0v) is 11.6. The first-order valence-electron chi connectivity index (χ1n) is 6.60. The number of rotatable bonds is 5. The van der Waals surface area contributed by atoms with Crippen LogP contribution in [0.3, 0.4) is 0 Å². The second-order valence-corrected chi connectivity index (χ2v) is 6.17. The Bertz CT molecular complexity index is 304. The van der Waals surface area contributed by atoms with Crippen LogP contribution < -0.4 is 16.4 Å². The van der Waals surface area contributed by atoms with Crippen LogP contribution in [0.2, 0.25) is 0 Å². The number of nitrogens with one attached hydrogen (secondary N) is 2. The van der Waals surface area contributed by atoms with Gasteiger partial charge in [0.15, 0.2) is 0 Å². The fourth-order valence-electron chi connectivity index (χ4n) is 2.24. The summed E-state index contributed by atoms with van der Waals surface area (Å²) >= 11 is 0. The summed E-state index contributed by atoms with van der Waals surface area (Å²) in [7, 11) is 0. The topological polar surface area (TPSA) is 84.2 Å². The molecule has 2 unspecified atom stereocenters. The van der Waals surface area contributed by atoms with E-state index in [1.165, 1.54) is 0 Å². The summed E-state index contributed by atoms with van der Waals surface area (Å²) in [5.41, 5.74) is 4.97. The van der Waals surface area contributed by atoms with Gasteiger partial charge in [-0.05, 0) is 37.3 Å². The van der Waals surface area contributed by atoms with Gasteiger partial charge < -0.3 is 16.4 Å². The molecule has 0 aromatic rings. The lowest BCUT2D eigenvalue weighted by atomic mass is 9.86. The minimum Gasteiger partial charge on any atom is -0.368 e.